The van der Waals surface area contributed by atoms with Crippen LogP contribution in [0.3, 0.4) is 0 Å². The first-order valence-electron chi connectivity index (χ1n) is 7.82. The van der Waals surface area contributed by atoms with E-state index < -0.39 is 28.9 Å². The van der Waals surface area contributed by atoms with E-state index in [1.165, 1.54) is 24.4 Å². The Kier molecular flexibility index (Phi) is 4.47. The molecule has 1 aliphatic rings. The van der Waals surface area contributed by atoms with Crippen LogP contribution >= 0.6 is 0 Å². The molecule has 132 valence electrons. The van der Waals surface area contributed by atoms with Crippen LogP contribution in [0.25, 0.3) is 0 Å². The van der Waals surface area contributed by atoms with Crippen LogP contribution in [0, 0.1) is 11.6 Å². The Hall–Kier alpha value is -2.84. The zero-order chi connectivity index (χ0) is 18.0. The van der Waals surface area contributed by atoms with Crippen molar-refractivity contribution in [3.05, 3.63) is 47.3 Å². The fraction of sp³-hybridized carbons (Fsp3) is 0.375. The predicted molar refractivity (Wildman–Crippen MR) is 83.4 cm³/mol. The van der Waals surface area contributed by atoms with Crippen LogP contribution in [0.4, 0.5) is 8.78 Å². The van der Waals surface area contributed by atoms with Gasteiger partial charge in [0.15, 0.2) is 5.69 Å². The molecule has 0 unspecified atom stereocenters. The zero-order valence-electron chi connectivity index (χ0n) is 13.3. The molecular weight excluding hydrogens is 332 g/mol. The molecule has 3 rings (SSSR count). The summed E-state index contributed by atoms with van der Waals surface area (Å²) in [5.74, 6) is -2.36. The molecule has 7 nitrogen and oxygen atoms in total. The van der Waals surface area contributed by atoms with Gasteiger partial charge < -0.3 is 11.1 Å². The molecule has 0 aliphatic heterocycles. The Labute approximate surface area is 142 Å². The van der Waals surface area contributed by atoms with Crippen molar-refractivity contribution in [3.63, 3.8) is 0 Å². The van der Waals surface area contributed by atoms with Gasteiger partial charge in [0.1, 0.15) is 18.2 Å². The molecule has 1 fully saturated rings. The molecule has 1 aromatic heterocycles. The van der Waals surface area contributed by atoms with E-state index in [2.05, 4.69) is 15.6 Å². The van der Waals surface area contributed by atoms with E-state index >= 15 is 0 Å². The van der Waals surface area contributed by atoms with Crippen LogP contribution in [-0.4, -0.2) is 33.4 Å². The summed E-state index contributed by atoms with van der Waals surface area (Å²) in [4.78, 5) is 23.0. The molecular formula is C16H17F2N5O2. The van der Waals surface area contributed by atoms with Gasteiger partial charge in [-0.1, -0.05) is 17.7 Å². The van der Waals surface area contributed by atoms with Crippen molar-refractivity contribution in [1.82, 2.24) is 20.3 Å². The van der Waals surface area contributed by atoms with Gasteiger partial charge in [-0.15, -0.1) is 5.10 Å². The fourth-order valence-electron chi connectivity index (χ4n) is 3.10. The lowest BCUT2D eigenvalue weighted by atomic mass is 9.64. The number of halogens is 2. The molecule has 1 saturated carbocycles. The molecule has 0 saturated heterocycles. The number of hydrogen-bond acceptors (Lipinski definition) is 4. The Bertz CT molecular complexity index is 796. The van der Waals surface area contributed by atoms with Crippen molar-refractivity contribution >= 4 is 11.8 Å². The van der Waals surface area contributed by atoms with Crippen LogP contribution in [0.5, 0.6) is 0 Å². The number of amides is 2. The Balaban J connectivity index is 1.72. The van der Waals surface area contributed by atoms with Crippen LogP contribution in [0.15, 0.2) is 24.4 Å². The number of benzene rings is 1. The minimum atomic E-state index is -0.756. The van der Waals surface area contributed by atoms with Gasteiger partial charge in [0.05, 0.1) is 6.20 Å². The normalized spacial score (nSPS) is 15.4. The number of carbonyl (C=O) groups is 2. The summed E-state index contributed by atoms with van der Waals surface area (Å²) >= 11 is 0. The molecule has 0 atom stereocenters. The number of nitrogens with two attached hydrogens (primary N) is 1. The van der Waals surface area contributed by atoms with E-state index in [1.807, 2.05) is 0 Å². The second-order valence-electron chi connectivity index (χ2n) is 6.18. The molecule has 2 aromatic rings. The predicted octanol–water partition coefficient (Wildman–Crippen LogP) is 0.893. The first-order chi connectivity index (χ1) is 11.9. The van der Waals surface area contributed by atoms with E-state index in [1.54, 1.807) is 0 Å². The Morgan fingerprint density at radius 2 is 1.96 bits per heavy atom. The zero-order valence-corrected chi connectivity index (χ0v) is 13.3. The third-order valence-electron chi connectivity index (χ3n) is 4.48. The van der Waals surface area contributed by atoms with Crippen molar-refractivity contribution in [2.45, 2.75) is 31.2 Å². The second kappa shape index (κ2) is 6.58. The lowest BCUT2D eigenvalue weighted by molar-refractivity contribution is -0.118. The topological polar surface area (TPSA) is 103 Å². The van der Waals surface area contributed by atoms with Gasteiger partial charge in [0.2, 0.25) is 5.91 Å². The standard InChI is InChI=1S/C16H17F2N5O2/c17-10-3-1-4-11(18)14(10)16(5-2-6-16)9-20-15(25)12-7-23(22-21-12)8-13(19)24/h1,3-4,7H,2,5-6,8-9H2,(H2,19,24)(H,20,25). The molecule has 0 bridgehead atoms. The van der Waals surface area contributed by atoms with Gasteiger partial charge in [0.25, 0.3) is 5.91 Å². The van der Waals surface area contributed by atoms with Crippen LogP contribution in [0.1, 0.15) is 35.3 Å². The third-order valence-corrected chi connectivity index (χ3v) is 4.48. The monoisotopic (exact) mass is 349 g/mol. The third kappa shape index (κ3) is 3.35. The molecule has 1 aliphatic carbocycles. The molecule has 1 aromatic carbocycles. The van der Waals surface area contributed by atoms with Crippen LogP contribution in [0.2, 0.25) is 0 Å². The van der Waals surface area contributed by atoms with Crippen molar-refractivity contribution in [3.8, 4) is 0 Å². The van der Waals surface area contributed by atoms with Gasteiger partial charge in [-0.3, -0.25) is 9.59 Å². The first kappa shape index (κ1) is 17.0. The summed E-state index contributed by atoms with van der Waals surface area (Å²) in [6, 6.07) is 3.75. The lowest BCUT2D eigenvalue weighted by Crippen LogP contribution is -2.46. The smallest absolute Gasteiger partial charge is 0.273 e. The quantitative estimate of drug-likeness (QED) is 0.808. The minimum Gasteiger partial charge on any atom is -0.368 e. The van der Waals surface area contributed by atoms with E-state index in [0.29, 0.717) is 12.8 Å². The maximum Gasteiger partial charge on any atom is 0.273 e. The maximum atomic E-state index is 14.1. The average molecular weight is 349 g/mol. The minimum absolute atomic E-state index is 0.00438. The van der Waals surface area contributed by atoms with Gasteiger partial charge in [-0.05, 0) is 25.0 Å². The van der Waals surface area contributed by atoms with Crippen molar-refractivity contribution in [2.75, 3.05) is 6.54 Å². The highest BCUT2D eigenvalue weighted by Gasteiger charge is 2.42. The molecule has 9 heteroatoms. The summed E-state index contributed by atoms with van der Waals surface area (Å²) < 4.78 is 29.4. The van der Waals surface area contributed by atoms with E-state index in [9.17, 15) is 18.4 Å². The molecule has 1 heterocycles. The van der Waals surface area contributed by atoms with Gasteiger partial charge >= 0.3 is 0 Å². The average Bonchev–Trinajstić information content (AvgIpc) is 2.96. The number of nitrogens with zero attached hydrogens (tertiary/aromatic N) is 3. The Morgan fingerprint density at radius 1 is 1.28 bits per heavy atom. The Morgan fingerprint density at radius 3 is 2.52 bits per heavy atom. The number of aromatic nitrogens is 3. The van der Waals surface area contributed by atoms with Gasteiger partial charge in [0, 0.05) is 17.5 Å². The summed E-state index contributed by atoms with van der Waals surface area (Å²) in [6.07, 6.45) is 3.29. The number of carbonyl (C=O) groups excluding carboxylic acids is 2. The van der Waals surface area contributed by atoms with Crippen molar-refractivity contribution in [1.29, 1.82) is 0 Å². The van der Waals surface area contributed by atoms with E-state index in [-0.39, 0.29) is 24.3 Å². The summed E-state index contributed by atoms with van der Waals surface area (Å²) in [6.45, 7) is -0.100. The van der Waals surface area contributed by atoms with E-state index in [4.69, 9.17) is 5.73 Å². The van der Waals surface area contributed by atoms with Gasteiger partial charge in [-0.25, -0.2) is 13.5 Å². The molecule has 0 radical (unpaired) electrons. The molecule has 25 heavy (non-hydrogen) atoms. The number of nitrogens with one attached hydrogen (secondary N) is 1. The first-order valence-corrected chi connectivity index (χ1v) is 7.82. The molecule has 0 spiro atoms. The fourth-order valence-corrected chi connectivity index (χ4v) is 3.10. The maximum absolute atomic E-state index is 14.1. The van der Waals surface area contributed by atoms with Crippen molar-refractivity contribution < 1.29 is 18.4 Å². The molecule has 3 N–H and O–H groups in total. The summed E-state index contributed by atoms with van der Waals surface area (Å²) in [7, 11) is 0. The molecule has 2 amide bonds. The van der Waals surface area contributed by atoms with E-state index in [0.717, 1.165) is 11.1 Å². The van der Waals surface area contributed by atoms with Crippen LogP contribution in [-0.2, 0) is 16.8 Å². The highest BCUT2D eigenvalue weighted by molar-refractivity contribution is 5.92. The highest BCUT2D eigenvalue weighted by Crippen LogP contribution is 2.45. The SMILES string of the molecule is NC(=O)Cn1cc(C(=O)NCC2(c3c(F)cccc3F)CCC2)nn1. The summed E-state index contributed by atoms with van der Waals surface area (Å²) in [5, 5.41) is 9.95. The van der Waals surface area contributed by atoms with Crippen LogP contribution < -0.4 is 11.1 Å². The second-order valence-corrected chi connectivity index (χ2v) is 6.18. The number of hydrogen-bond donors (Lipinski definition) is 2. The van der Waals surface area contributed by atoms with Crippen molar-refractivity contribution in [2.24, 2.45) is 5.73 Å². The largest absolute Gasteiger partial charge is 0.368 e. The highest BCUT2D eigenvalue weighted by atomic mass is 19.1. The lowest BCUT2D eigenvalue weighted by Gasteiger charge is -2.42. The number of primary amides is 1. The summed E-state index contributed by atoms with van der Waals surface area (Å²) in [5.41, 5.74) is 4.31. The number of rotatable bonds is 6. The van der Waals surface area contributed by atoms with Gasteiger partial charge in [-0.2, -0.15) is 0 Å².